The number of carbonyl (C=O) groups excluding carboxylic acids is 2. The lowest BCUT2D eigenvalue weighted by Gasteiger charge is -2.52. The minimum Gasteiger partial charge on any atom is -0.475 e. The van der Waals surface area contributed by atoms with Gasteiger partial charge in [0.25, 0.3) is 5.91 Å². The highest BCUT2D eigenvalue weighted by atomic mass is 19.4. The number of hydrogen-bond acceptors (Lipinski definition) is 4. The predicted molar refractivity (Wildman–Crippen MR) is 97.0 cm³/mol. The SMILES string of the molecule is CC(=O)N1CCCCC12CCCN(C(=O)c1ccccn1)C2.O=C(O)C(F)(F)F. The van der Waals surface area contributed by atoms with E-state index in [9.17, 15) is 22.8 Å². The highest BCUT2D eigenvalue weighted by Crippen LogP contribution is 2.36. The summed E-state index contributed by atoms with van der Waals surface area (Å²) in [5.41, 5.74) is 0.331. The van der Waals surface area contributed by atoms with E-state index in [4.69, 9.17) is 9.90 Å². The number of aliphatic carboxylic acids is 1. The normalized spacial score (nSPS) is 21.9. The molecule has 1 spiro atoms. The lowest BCUT2D eigenvalue weighted by atomic mass is 9.79. The Bertz CT molecular complexity index is 738. The number of piperidine rings is 2. The molecule has 2 saturated heterocycles. The van der Waals surface area contributed by atoms with Gasteiger partial charge in [-0.1, -0.05) is 6.07 Å². The molecule has 3 heterocycles. The predicted octanol–water partition coefficient (Wildman–Crippen LogP) is 2.72. The van der Waals surface area contributed by atoms with E-state index < -0.39 is 12.1 Å². The summed E-state index contributed by atoms with van der Waals surface area (Å²) in [7, 11) is 0. The first-order valence-corrected chi connectivity index (χ1v) is 9.35. The van der Waals surface area contributed by atoms with Gasteiger partial charge >= 0.3 is 12.1 Å². The molecule has 1 unspecified atom stereocenters. The quantitative estimate of drug-likeness (QED) is 0.762. The number of rotatable bonds is 1. The highest BCUT2D eigenvalue weighted by Gasteiger charge is 2.44. The van der Waals surface area contributed by atoms with Crippen molar-refractivity contribution in [2.75, 3.05) is 19.6 Å². The molecule has 0 aromatic carbocycles. The van der Waals surface area contributed by atoms with Crippen molar-refractivity contribution in [3.8, 4) is 0 Å². The summed E-state index contributed by atoms with van der Waals surface area (Å²) in [6.07, 6.45) is 1.71. The van der Waals surface area contributed by atoms with Crippen molar-refractivity contribution >= 4 is 17.8 Å². The van der Waals surface area contributed by atoms with Crippen molar-refractivity contribution in [2.45, 2.75) is 50.7 Å². The van der Waals surface area contributed by atoms with E-state index >= 15 is 0 Å². The Morgan fingerprint density at radius 3 is 2.31 bits per heavy atom. The molecular weight excluding hydrogens is 391 g/mol. The molecule has 1 aromatic rings. The first kappa shape index (κ1) is 22.6. The number of likely N-dealkylation sites (tertiary alicyclic amines) is 2. The molecule has 1 N–H and O–H groups in total. The van der Waals surface area contributed by atoms with Gasteiger partial charge in [-0.15, -0.1) is 0 Å². The Balaban J connectivity index is 0.000000370. The monoisotopic (exact) mass is 415 g/mol. The van der Waals surface area contributed by atoms with Crippen LogP contribution in [0, 0.1) is 0 Å². The molecule has 1 aromatic heterocycles. The zero-order valence-electron chi connectivity index (χ0n) is 16.1. The topological polar surface area (TPSA) is 90.8 Å². The summed E-state index contributed by atoms with van der Waals surface area (Å²) in [5.74, 6) is -2.65. The molecule has 0 bridgehead atoms. The van der Waals surface area contributed by atoms with E-state index in [1.54, 1.807) is 19.2 Å². The smallest absolute Gasteiger partial charge is 0.475 e. The maximum atomic E-state index is 12.7. The number of halogens is 3. The number of amides is 2. The van der Waals surface area contributed by atoms with Crippen LogP contribution in [0.1, 0.15) is 49.5 Å². The lowest BCUT2D eigenvalue weighted by molar-refractivity contribution is -0.192. The average molecular weight is 415 g/mol. The molecule has 0 aliphatic carbocycles. The molecule has 10 heteroatoms. The van der Waals surface area contributed by atoms with Gasteiger partial charge in [0.1, 0.15) is 5.69 Å². The van der Waals surface area contributed by atoms with Crippen LogP contribution in [-0.2, 0) is 9.59 Å². The van der Waals surface area contributed by atoms with Crippen LogP contribution in [0.2, 0.25) is 0 Å². The van der Waals surface area contributed by atoms with Crippen LogP contribution < -0.4 is 0 Å². The van der Waals surface area contributed by atoms with Gasteiger partial charge in [0.05, 0.1) is 5.54 Å². The van der Waals surface area contributed by atoms with Crippen molar-refractivity contribution in [3.63, 3.8) is 0 Å². The average Bonchev–Trinajstić information content (AvgIpc) is 2.68. The van der Waals surface area contributed by atoms with Crippen molar-refractivity contribution in [1.29, 1.82) is 0 Å². The Hall–Kier alpha value is -2.65. The van der Waals surface area contributed by atoms with Crippen LogP contribution in [-0.4, -0.2) is 69.0 Å². The summed E-state index contributed by atoms with van der Waals surface area (Å²) in [5, 5.41) is 7.12. The molecular formula is C19H24F3N3O4. The molecule has 1 atom stereocenters. The molecule has 2 aliphatic rings. The van der Waals surface area contributed by atoms with E-state index in [1.165, 1.54) is 0 Å². The van der Waals surface area contributed by atoms with Gasteiger partial charge < -0.3 is 14.9 Å². The molecule has 0 radical (unpaired) electrons. The molecule has 2 aliphatic heterocycles. The van der Waals surface area contributed by atoms with Crippen LogP contribution in [0.15, 0.2) is 24.4 Å². The van der Waals surface area contributed by atoms with Crippen LogP contribution in [0.3, 0.4) is 0 Å². The van der Waals surface area contributed by atoms with Crippen LogP contribution in [0.25, 0.3) is 0 Å². The van der Waals surface area contributed by atoms with E-state index in [-0.39, 0.29) is 17.4 Å². The van der Waals surface area contributed by atoms with E-state index in [1.807, 2.05) is 21.9 Å². The minimum absolute atomic E-state index is 0.0197. The summed E-state index contributed by atoms with van der Waals surface area (Å²) < 4.78 is 31.7. The molecule has 29 heavy (non-hydrogen) atoms. The largest absolute Gasteiger partial charge is 0.490 e. The number of aromatic nitrogens is 1. The molecule has 3 rings (SSSR count). The van der Waals surface area contributed by atoms with Crippen molar-refractivity contribution < 1.29 is 32.7 Å². The van der Waals surface area contributed by atoms with Crippen LogP contribution >= 0.6 is 0 Å². The molecule has 2 fully saturated rings. The molecule has 0 saturated carbocycles. The maximum Gasteiger partial charge on any atom is 0.490 e. The zero-order valence-corrected chi connectivity index (χ0v) is 16.1. The third-order valence-corrected chi connectivity index (χ3v) is 5.20. The van der Waals surface area contributed by atoms with Gasteiger partial charge in [0.15, 0.2) is 0 Å². The third-order valence-electron chi connectivity index (χ3n) is 5.20. The molecule has 160 valence electrons. The number of nitrogens with zero attached hydrogens (tertiary/aromatic N) is 3. The number of carbonyl (C=O) groups is 3. The van der Waals surface area contributed by atoms with Crippen molar-refractivity contribution in [1.82, 2.24) is 14.8 Å². The van der Waals surface area contributed by atoms with Gasteiger partial charge in [-0.2, -0.15) is 13.2 Å². The standard InChI is InChI=1S/C17H23N3O2.C2HF3O2/c1-14(21)20-12-5-3-8-17(20)9-6-11-19(13-17)16(22)15-7-2-4-10-18-15;3-2(4,5)1(6)7/h2,4,7,10H,3,5-6,8-9,11-13H2,1H3;(H,6,7). The summed E-state index contributed by atoms with van der Waals surface area (Å²) in [6, 6.07) is 5.41. The number of pyridine rings is 1. The summed E-state index contributed by atoms with van der Waals surface area (Å²) in [6.45, 7) is 3.86. The Morgan fingerprint density at radius 1 is 1.10 bits per heavy atom. The van der Waals surface area contributed by atoms with Gasteiger partial charge in [0, 0.05) is 32.8 Å². The van der Waals surface area contributed by atoms with Crippen molar-refractivity contribution in [3.05, 3.63) is 30.1 Å². The van der Waals surface area contributed by atoms with Gasteiger partial charge in [-0.05, 0) is 44.2 Å². The highest BCUT2D eigenvalue weighted by molar-refractivity contribution is 5.92. The second-order valence-electron chi connectivity index (χ2n) is 7.20. The number of carboxylic acid groups (broad SMARTS) is 1. The Kier molecular flexibility index (Phi) is 7.21. The number of alkyl halides is 3. The van der Waals surface area contributed by atoms with Crippen LogP contribution in [0.5, 0.6) is 0 Å². The molecule has 7 nitrogen and oxygen atoms in total. The lowest BCUT2D eigenvalue weighted by Crippen LogP contribution is -2.62. The Labute approximate surface area is 166 Å². The van der Waals surface area contributed by atoms with Crippen LogP contribution in [0.4, 0.5) is 13.2 Å². The fourth-order valence-electron chi connectivity index (χ4n) is 3.95. The fourth-order valence-corrected chi connectivity index (χ4v) is 3.95. The Morgan fingerprint density at radius 2 is 1.76 bits per heavy atom. The number of carboxylic acids is 1. The number of hydrogen-bond donors (Lipinski definition) is 1. The first-order chi connectivity index (χ1) is 13.6. The summed E-state index contributed by atoms with van der Waals surface area (Å²) >= 11 is 0. The maximum absolute atomic E-state index is 12.7. The second-order valence-corrected chi connectivity index (χ2v) is 7.20. The summed E-state index contributed by atoms with van der Waals surface area (Å²) in [4.78, 5) is 41.6. The first-order valence-electron chi connectivity index (χ1n) is 9.35. The molecule has 2 amide bonds. The second kappa shape index (κ2) is 9.23. The van der Waals surface area contributed by atoms with Gasteiger partial charge in [-0.25, -0.2) is 4.79 Å². The third kappa shape index (κ3) is 5.68. The minimum atomic E-state index is -5.08. The van der Waals surface area contributed by atoms with E-state index in [0.29, 0.717) is 12.2 Å². The fraction of sp³-hybridized carbons (Fsp3) is 0.579. The van der Waals surface area contributed by atoms with E-state index in [0.717, 1.165) is 45.2 Å². The van der Waals surface area contributed by atoms with Gasteiger partial charge in [-0.3, -0.25) is 14.6 Å². The van der Waals surface area contributed by atoms with Gasteiger partial charge in [0.2, 0.25) is 5.91 Å². The zero-order chi connectivity index (χ0) is 21.7. The van der Waals surface area contributed by atoms with E-state index in [2.05, 4.69) is 4.98 Å². The van der Waals surface area contributed by atoms with Crippen molar-refractivity contribution in [2.24, 2.45) is 0 Å².